The maximum atomic E-state index is 12.1. The fraction of sp³-hybridized carbons (Fsp3) is 0.0714. The van der Waals surface area contributed by atoms with Crippen LogP contribution in [0.5, 0.6) is 0 Å². The van der Waals surface area contributed by atoms with E-state index in [2.05, 4.69) is 10.3 Å². The Bertz CT molecular complexity index is 737. The smallest absolute Gasteiger partial charge is 0.261 e. The van der Waals surface area contributed by atoms with Gasteiger partial charge in [0.15, 0.2) is 5.43 Å². The minimum absolute atomic E-state index is 0.0355. The summed E-state index contributed by atoms with van der Waals surface area (Å²) in [7, 11) is 0. The minimum Gasteiger partial charge on any atom is -0.389 e. The SMILES string of the molecule is Cc1cc(=O)c(C(=O)Nc2ccccc2C(N)=S)c[nH]1. The molecular formula is C14H13N3O2S. The Labute approximate surface area is 120 Å². The number of carbonyl (C=O) groups is 1. The molecule has 0 radical (unpaired) electrons. The second-order valence-corrected chi connectivity index (χ2v) is 4.70. The summed E-state index contributed by atoms with van der Waals surface area (Å²) in [4.78, 5) is 26.9. The lowest BCUT2D eigenvalue weighted by molar-refractivity contribution is 0.102. The number of aromatic amines is 1. The maximum Gasteiger partial charge on any atom is 0.261 e. The lowest BCUT2D eigenvalue weighted by atomic mass is 10.1. The molecule has 0 aliphatic rings. The van der Waals surface area contributed by atoms with Crippen molar-refractivity contribution in [1.29, 1.82) is 0 Å². The van der Waals surface area contributed by atoms with E-state index in [1.165, 1.54) is 12.3 Å². The molecule has 5 nitrogen and oxygen atoms in total. The maximum absolute atomic E-state index is 12.1. The zero-order valence-electron chi connectivity index (χ0n) is 10.8. The third-order valence-corrected chi connectivity index (χ3v) is 2.96. The first-order chi connectivity index (χ1) is 9.49. The van der Waals surface area contributed by atoms with Crippen LogP contribution in [0.3, 0.4) is 0 Å². The second kappa shape index (κ2) is 5.66. The van der Waals surface area contributed by atoms with Crippen LogP contribution in [-0.4, -0.2) is 15.9 Å². The van der Waals surface area contributed by atoms with Crippen molar-refractivity contribution < 1.29 is 4.79 Å². The number of hydrogen-bond acceptors (Lipinski definition) is 3. The van der Waals surface area contributed by atoms with Crippen molar-refractivity contribution in [2.45, 2.75) is 6.92 Å². The molecule has 0 aliphatic carbocycles. The number of pyridine rings is 1. The number of nitrogens with one attached hydrogen (secondary N) is 2. The number of amides is 1. The van der Waals surface area contributed by atoms with E-state index in [9.17, 15) is 9.59 Å². The average Bonchev–Trinajstić information content (AvgIpc) is 2.38. The second-order valence-electron chi connectivity index (χ2n) is 4.26. The number of benzene rings is 1. The van der Waals surface area contributed by atoms with Gasteiger partial charge in [0.1, 0.15) is 10.6 Å². The third kappa shape index (κ3) is 2.92. The molecule has 0 atom stereocenters. The number of thiocarbonyl (C=S) groups is 1. The van der Waals surface area contributed by atoms with Gasteiger partial charge in [-0.2, -0.15) is 0 Å². The van der Waals surface area contributed by atoms with Crippen LogP contribution < -0.4 is 16.5 Å². The topological polar surface area (TPSA) is 88.0 Å². The zero-order valence-corrected chi connectivity index (χ0v) is 11.6. The summed E-state index contributed by atoms with van der Waals surface area (Å²) >= 11 is 4.92. The number of aromatic nitrogens is 1. The van der Waals surface area contributed by atoms with Gasteiger partial charge in [0.05, 0.1) is 5.69 Å². The van der Waals surface area contributed by atoms with Gasteiger partial charge in [-0.3, -0.25) is 9.59 Å². The van der Waals surface area contributed by atoms with Crippen LogP contribution in [0.1, 0.15) is 21.6 Å². The number of para-hydroxylation sites is 1. The number of rotatable bonds is 3. The molecule has 0 bridgehead atoms. The number of aryl methyl sites for hydroxylation is 1. The summed E-state index contributed by atoms with van der Waals surface area (Å²) in [5.74, 6) is -0.505. The monoisotopic (exact) mass is 287 g/mol. The Morgan fingerprint density at radius 1 is 1.30 bits per heavy atom. The van der Waals surface area contributed by atoms with Crippen molar-refractivity contribution in [1.82, 2.24) is 4.98 Å². The molecule has 1 aromatic heterocycles. The van der Waals surface area contributed by atoms with Crippen LogP contribution in [0.4, 0.5) is 5.69 Å². The van der Waals surface area contributed by atoms with Gasteiger partial charge in [-0.25, -0.2) is 0 Å². The molecule has 0 aliphatic heterocycles. The molecule has 1 aromatic carbocycles. The molecular weight excluding hydrogens is 274 g/mol. The molecule has 4 N–H and O–H groups in total. The minimum atomic E-state index is -0.505. The van der Waals surface area contributed by atoms with Gasteiger partial charge in [-0.1, -0.05) is 24.4 Å². The molecule has 0 saturated heterocycles. The van der Waals surface area contributed by atoms with Crippen LogP contribution in [0.15, 0.2) is 41.3 Å². The van der Waals surface area contributed by atoms with Gasteiger partial charge in [0, 0.05) is 23.5 Å². The fourth-order valence-corrected chi connectivity index (χ4v) is 1.93. The Morgan fingerprint density at radius 3 is 2.65 bits per heavy atom. The van der Waals surface area contributed by atoms with Crippen LogP contribution in [0.2, 0.25) is 0 Å². The molecule has 0 unspecified atom stereocenters. The highest BCUT2D eigenvalue weighted by atomic mass is 32.1. The molecule has 1 amide bonds. The van der Waals surface area contributed by atoms with E-state index in [1.807, 2.05) is 0 Å². The summed E-state index contributed by atoms with van der Waals surface area (Å²) < 4.78 is 0. The number of H-pyrrole nitrogens is 1. The van der Waals surface area contributed by atoms with Gasteiger partial charge in [-0.15, -0.1) is 0 Å². The van der Waals surface area contributed by atoms with Crippen molar-refractivity contribution in [3.05, 3.63) is 63.6 Å². The highest BCUT2D eigenvalue weighted by molar-refractivity contribution is 7.80. The third-order valence-electron chi connectivity index (χ3n) is 2.74. The Hall–Kier alpha value is -2.47. The highest BCUT2D eigenvalue weighted by Crippen LogP contribution is 2.15. The van der Waals surface area contributed by atoms with Crippen molar-refractivity contribution in [3.8, 4) is 0 Å². The van der Waals surface area contributed by atoms with Gasteiger partial charge in [0.25, 0.3) is 5.91 Å². The first-order valence-corrected chi connectivity index (χ1v) is 6.29. The quantitative estimate of drug-likeness (QED) is 0.748. The highest BCUT2D eigenvalue weighted by Gasteiger charge is 2.13. The number of carbonyl (C=O) groups excluding carboxylic acids is 1. The van der Waals surface area contributed by atoms with E-state index in [0.717, 1.165) is 0 Å². The Balaban J connectivity index is 2.33. The molecule has 0 spiro atoms. The Kier molecular flexibility index (Phi) is 3.95. The van der Waals surface area contributed by atoms with Crippen LogP contribution in [0, 0.1) is 6.92 Å². The summed E-state index contributed by atoms with van der Waals surface area (Å²) in [5.41, 5.74) is 7.01. The molecule has 2 aromatic rings. The van der Waals surface area contributed by atoms with Gasteiger partial charge >= 0.3 is 0 Å². The van der Waals surface area contributed by atoms with E-state index >= 15 is 0 Å². The molecule has 20 heavy (non-hydrogen) atoms. The lowest BCUT2D eigenvalue weighted by Crippen LogP contribution is -2.23. The van der Waals surface area contributed by atoms with Crippen molar-refractivity contribution in [2.75, 3.05) is 5.32 Å². The molecule has 6 heteroatoms. The van der Waals surface area contributed by atoms with E-state index in [4.69, 9.17) is 18.0 Å². The van der Waals surface area contributed by atoms with Gasteiger partial charge in [-0.05, 0) is 19.1 Å². The van der Waals surface area contributed by atoms with Crippen LogP contribution in [0.25, 0.3) is 0 Å². The van der Waals surface area contributed by atoms with Crippen LogP contribution in [-0.2, 0) is 0 Å². The zero-order chi connectivity index (χ0) is 14.7. The van der Waals surface area contributed by atoms with Gasteiger partial charge < -0.3 is 16.0 Å². The van der Waals surface area contributed by atoms with Crippen molar-refractivity contribution in [2.24, 2.45) is 5.73 Å². The first-order valence-electron chi connectivity index (χ1n) is 5.88. The number of anilines is 1. The Morgan fingerprint density at radius 2 is 2.00 bits per heavy atom. The first kappa shape index (κ1) is 14.0. The number of hydrogen-bond donors (Lipinski definition) is 3. The molecule has 0 saturated carbocycles. The largest absolute Gasteiger partial charge is 0.389 e. The molecule has 0 fully saturated rings. The van der Waals surface area contributed by atoms with Crippen molar-refractivity contribution >= 4 is 28.8 Å². The van der Waals surface area contributed by atoms with E-state index in [0.29, 0.717) is 16.9 Å². The summed E-state index contributed by atoms with van der Waals surface area (Å²) in [5, 5.41) is 2.64. The van der Waals surface area contributed by atoms with E-state index in [-0.39, 0.29) is 16.0 Å². The average molecular weight is 287 g/mol. The standard InChI is InChI=1S/C14H13N3O2S/c1-8-6-12(18)10(7-16-8)14(19)17-11-5-3-2-4-9(11)13(15)20/h2-7H,1H3,(H2,15,20)(H,16,18)(H,17,19). The number of nitrogens with two attached hydrogens (primary N) is 1. The van der Waals surface area contributed by atoms with E-state index in [1.54, 1.807) is 31.2 Å². The summed E-state index contributed by atoms with van der Waals surface area (Å²) in [6.07, 6.45) is 1.39. The summed E-state index contributed by atoms with van der Waals surface area (Å²) in [6, 6.07) is 8.26. The summed E-state index contributed by atoms with van der Waals surface area (Å²) in [6.45, 7) is 1.74. The van der Waals surface area contributed by atoms with Crippen molar-refractivity contribution in [3.63, 3.8) is 0 Å². The predicted molar refractivity (Wildman–Crippen MR) is 82.1 cm³/mol. The van der Waals surface area contributed by atoms with E-state index < -0.39 is 5.91 Å². The molecule has 102 valence electrons. The van der Waals surface area contributed by atoms with Gasteiger partial charge in [0.2, 0.25) is 0 Å². The normalized spacial score (nSPS) is 10.1. The lowest BCUT2D eigenvalue weighted by Gasteiger charge is -2.09. The van der Waals surface area contributed by atoms with Crippen LogP contribution >= 0.6 is 12.2 Å². The predicted octanol–water partition coefficient (Wildman–Crippen LogP) is 1.57. The molecule has 2 rings (SSSR count). The fourth-order valence-electron chi connectivity index (χ4n) is 1.75. The molecule has 1 heterocycles.